The van der Waals surface area contributed by atoms with E-state index in [0.29, 0.717) is 5.41 Å². The summed E-state index contributed by atoms with van der Waals surface area (Å²) in [6.07, 6.45) is 9.27. The van der Waals surface area contributed by atoms with Gasteiger partial charge in [-0.05, 0) is 43.9 Å². The van der Waals surface area contributed by atoms with Gasteiger partial charge in [-0.2, -0.15) is 0 Å². The second kappa shape index (κ2) is 4.30. The van der Waals surface area contributed by atoms with Crippen molar-refractivity contribution in [3.05, 3.63) is 11.6 Å². The molecule has 0 bridgehead atoms. The van der Waals surface area contributed by atoms with Gasteiger partial charge in [0.2, 0.25) is 0 Å². The van der Waals surface area contributed by atoms with E-state index in [0.717, 1.165) is 5.92 Å². The van der Waals surface area contributed by atoms with E-state index in [-0.39, 0.29) is 0 Å². The van der Waals surface area contributed by atoms with Gasteiger partial charge in [0.25, 0.3) is 0 Å². The van der Waals surface area contributed by atoms with Crippen LogP contribution in [0.25, 0.3) is 0 Å². The number of hydrogen-bond acceptors (Lipinski definition) is 0. The zero-order chi connectivity index (χ0) is 9.90. The highest BCUT2D eigenvalue weighted by Crippen LogP contribution is 2.40. The first-order valence-corrected chi connectivity index (χ1v) is 5.79. The van der Waals surface area contributed by atoms with Crippen LogP contribution < -0.4 is 0 Å². The molecule has 2 atom stereocenters. The standard InChI is InChI=1S/C13H24/c1-5-12-8-7-11(3)13(4,6-2)10-9-12/h7,12H,5-6,8-10H2,1-4H3. The van der Waals surface area contributed by atoms with Crippen molar-refractivity contribution >= 4 is 0 Å². The van der Waals surface area contributed by atoms with Gasteiger partial charge in [0, 0.05) is 0 Å². The number of rotatable bonds is 2. The summed E-state index contributed by atoms with van der Waals surface area (Å²) in [6, 6.07) is 0. The Bertz CT molecular complexity index is 190. The fourth-order valence-corrected chi connectivity index (χ4v) is 2.25. The fraction of sp³-hybridized carbons (Fsp3) is 0.846. The van der Waals surface area contributed by atoms with Crippen LogP contribution in [0.5, 0.6) is 0 Å². The second-order valence-corrected chi connectivity index (χ2v) is 4.85. The first-order chi connectivity index (χ1) is 6.12. The summed E-state index contributed by atoms with van der Waals surface area (Å²) in [7, 11) is 0. The first kappa shape index (κ1) is 10.8. The van der Waals surface area contributed by atoms with E-state index in [4.69, 9.17) is 0 Å². The average molecular weight is 180 g/mol. The summed E-state index contributed by atoms with van der Waals surface area (Å²) in [5, 5.41) is 0. The van der Waals surface area contributed by atoms with Crippen LogP contribution in [0.15, 0.2) is 11.6 Å². The minimum Gasteiger partial charge on any atom is -0.0848 e. The maximum Gasteiger partial charge on any atom is -0.0122 e. The molecule has 0 aromatic heterocycles. The molecule has 0 aromatic rings. The van der Waals surface area contributed by atoms with Crippen molar-refractivity contribution in [2.75, 3.05) is 0 Å². The maximum atomic E-state index is 2.49. The van der Waals surface area contributed by atoms with Gasteiger partial charge in [-0.3, -0.25) is 0 Å². The highest BCUT2D eigenvalue weighted by atomic mass is 14.3. The van der Waals surface area contributed by atoms with Gasteiger partial charge in [-0.15, -0.1) is 0 Å². The molecule has 0 heterocycles. The van der Waals surface area contributed by atoms with Crippen molar-refractivity contribution in [1.29, 1.82) is 0 Å². The highest BCUT2D eigenvalue weighted by Gasteiger charge is 2.27. The molecule has 0 amide bonds. The molecule has 0 saturated carbocycles. The Kier molecular flexibility index (Phi) is 3.58. The molecule has 0 N–H and O–H groups in total. The van der Waals surface area contributed by atoms with Crippen LogP contribution in [0.4, 0.5) is 0 Å². The summed E-state index contributed by atoms with van der Waals surface area (Å²) >= 11 is 0. The third-order valence-corrected chi connectivity index (χ3v) is 4.17. The van der Waals surface area contributed by atoms with Crippen LogP contribution in [0, 0.1) is 11.3 Å². The van der Waals surface area contributed by atoms with Crippen molar-refractivity contribution < 1.29 is 0 Å². The predicted molar refractivity (Wildman–Crippen MR) is 59.8 cm³/mol. The van der Waals surface area contributed by atoms with Gasteiger partial charge in [-0.1, -0.05) is 38.8 Å². The molecule has 0 aliphatic heterocycles. The van der Waals surface area contributed by atoms with Crippen LogP contribution in [0.1, 0.15) is 59.8 Å². The van der Waals surface area contributed by atoms with Gasteiger partial charge in [0.15, 0.2) is 0 Å². The zero-order valence-corrected chi connectivity index (χ0v) is 9.69. The fourth-order valence-electron chi connectivity index (χ4n) is 2.25. The van der Waals surface area contributed by atoms with Crippen LogP contribution in [0.3, 0.4) is 0 Å². The van der Waals surface area contributed by atoms with E-state index in [1.165, 1.54) is 32.1 Å². The molecule has 0 radical (unpaired) electrons. The molecule has 2 unspecified atom stereocenters. The molecule has 0 aromatic carbocycles. The highest BCUT2D eigenvalue weighted by molar-refractivity contribution is 5.12. The van der Waals surface area contributed by atoms with Crippen LogP contribution in [-0.4, -0.2) is 0 Å². The monoisotopic (exact) mass is 180 g/mol. The SMILES string of the molecule is CCC1CC=C(C)C(C)(CC)CC1. The molecule has 1 aliphatic carbocycles. The van der Waals surface area contributed by atoms with Gasteiger partial charge in [0.1, 0.15) is 0 Å². The summed E-state index contributed by atoms with van der Waals surface area (Å²) < 4.78 is 0. The Labute approximate surface area is 83.4 Å². The number of allylic oxidation sites excluding steroid dienone is 2. The largest absolute Gasteiger partial charge is 0.0848 e. The van der Waals surface area contributed by atoms with Crippen molar-refractivity contribution in [2.45, 2.75) is 59.8 Å². The summed E-state index contributed by atoms with van der Waals surface area (Å²) in [4.78, 5) is 0. The Balaban J connectivity index is 2.72. The zero-order valence-electron chi connectivity index (χ0n) is 9.69. The third-order valence-electron chi connectivity index (χ3n) is 4.17. The third kappa shape index (κ3) is 2.36. The molecule has 13 heavy (non-hydrogen) atoms. The van der Waals surface area contributed by atoms with Gasteiger partial charge >= 0.3 is 0 Å². The minimum absolute atomic E-state index is 0.504. The van der Waals surface area contributed by atoms with Crippen LogP contribution in [0.2, 0.25) is 0 Å². The Morgan fingerprint density at radius 1 is 1.46 bits per heavy atom. The van der Waals surface area contributed by atoms with E-state index in [1.54, 1.807) is 5.57 Å². The summed E-state index contributed by atoms with van der Waals surface area (Å²) in [6.45, 7) is 9.39. The second-order valence-electron chi connectivity index (χ2n) is 4.85. The Hall–Kier alpha value is -0.260. The van der Waals surface area contributed by atoms with E-state index in [9.17, 15) is 0 Å². The molecular weight excluding hydrogens is 156 g/mol. The summed E-state index contributed by atoms with van der Waals surface area (Å²) in [5.74, 6) is 0.948. The molecule has 0 saturated heterocycles. The lowest BCUT2D eigenvalue weighted by Gasteiger charge is -2.28. The molecule has 0 spiro atoms. The normalized spacial score (nSPS) is 35.4. The molecule has 1 rings (SSSR count). The van der Waals surface area contributed by atoms with Crippen molar-refractivity contribution in [1.82, 2.24) is 0 Å². The lowest BCUT2D eigenvalue weighted by atomic mass is 9.77. The van der Waals surface area contributed by atoms with Gasteiger partial charge in [0.05, 0.1) is 0 Å². The lowest BCUT2D eigenvalue weighted by Crippen LogP contribution is -2.16. The smallest absolute Gasteiger partial charge is 0.0122 e. The summed E-state index contributed by atoms with van der Waals surface area (Å²) in [5.41, 5.74) is 2.13. The molecule has 76 valence electrons. The number of hydrogen-bond donors (Lipinski definition) is 0. The predicted octanol–water partition coefficient (Wildman–Crippen LogP) is 4.56. The molecule has 0 heteroatoms. The average Bonchev–Trinajstić information content (AvgIpc) is 2.29. The maximum absolute atomic E-state index is 2.49. The Morgan fingerprint density at radius 3 is 2.69 bits per heavy atom. The van der Waals surface area contributed by atoms with Gasteiger partial charge in [-0.25, -0.2) is 0 Å². The lowest BCUT2D eigenvalue weighted by molar-refractivity contribution is 0.317. The van der Waals surface area contributed by atoms with E-state index < -0.39 is 0 Å². The molecule has 0 nitrogen and oxygen atoms in total. The van der Waals surface area contributed by atoms with Crippen LogP contribution >= 0.6 is 0 Å². The van der Waals surface area contributed by atoms with Gasteiger partial charge < -0.3 is 0 Å². The van der Waals surface area contributed by atoms with E-state index in [2.05, 4.69) is 33.8 Å². The van der Waals surface area contributed by atoms with E-state index >= 15 is 0 Å². The molecule has 1 aliphatic rings. The van der Waals surface area contributed by atoms with Crippen molar-refractivity contribution in [3.63, 3.8) is 0 Å². The quantitative estimate of drug-likeness (QED) is 0.546. The first-order valence-electron chi connectivity index (χ1n) is 5.79. The topological polar surface area (TPSA) is 0 Å². The molecule has 0 fully saturated rings. The minimum atomic E-state index is 0.504. The molecular formula is C13H24. The van der Waals surface area contributed by atoms with E-state index in [1.807, 2.05) is 0 Å². The van der Waals surface area contributed by atoms with Crippen molar-refractivity contribution in [3.8, 4) is 0 Å². The van der Waals surface area contributed by atoms with Crippen molar-refractivity contribution in [2.24, 2.45) is 11.3 Å². The Morgan fingerprint density at radius 2 is 2.15 bits per heavy atom. The van der Waals surface area contributed by atoms with Crippen LogP contribution in [-0.2, 0) is 0 Å².